The van der Waals surface area contributed by atoms with E-state index in [1.54, 1.807) is 0 Å². The first-order valence-corrected chi connectivity index (χ1v) is 22.4. The molecular weight excluding hydrogens is 789 g/mol. The summed E-state index contributed by atoms with van der Waals surface area (Å²) in [4.78, 5) is 13.8. The van der Waals surface area contributed by atoms with E-state index < -0.39 is 5.54 Å². The Morgan fingerprint density at radius 3 is 1.65 bits per heavy atom. The maximum atomic E-state index is 5.63. The molecule has 0 spiro atoms. The maximum absolute atomic E-state index is 5.63. The molecule has 4 nitrogen and oxygen atoms in total. The lowest BCUT2D eigenvalue weighted by Crippen LogP contribution is -2.43. The summed E-state index contributed by atoms with van der Waals surface area (Å²) in [7, 11) is 0. The molecule has 0 N–H and O–H groups in total. The fraction of sp³-hybridized carbons (Fsp3) is 0.0492. The van der Waals surface area contributed by atoms with Crippen molar-refractivity contribution in [2.24, 2.45) is 0 Å². The van der Waals surface area contributed by atoms with Gasteiger partial charge in [-0.15, -0.1) is 0 Å². The van der Waals surface area contributed by atoms with E-state index in [4.69, 9.17) is 9.97 Å². The molecule has 65 heavy (non-hydrogen) atoms. The van der Waals surface area contributed by atoms with Gasteiger partial charge in [0, 0.05) is 39.4 Å². The molecule has 0 saturated carbocycles. The third-order valence-electron chi connectivity index (χ3n) is 13.8. The van der Waals surface area contributed by atoms with Gasteiger partial charge in [0.2, 0.25) is 5.95 Å². The summed E-state index contributed by atoms with van der Waals surface area (Å²) in [6.45, 7) is 2.41. The van der Waals surface area contributed by atoms with Crippen LogP contribution >= 0.6 is 0 Å². The summed E-state index contributed by atoms with van der Waals surface area (Å²) in [5, 5.41) is 6.07. The SMILES string of the molecule is CC12c3c(c4ccccc4n3-c3nc(-c4cccc(-c5ccc6ccccc6c5)c4)cc(-c4cccc(-c5ccc6ccccc6c5)c4)n3)C=CC1c1ccccc1N2c1ccccc1. The van der Waals surface area contributed by atoms with Crippen molar-refractivity contribution >= 4 is 49.9 Å². The van der Waals surface area contributed by atoms with E-state index in [1.165, 1.54) is 60.6 Å². The van der Waals surface area contributed by atoms with Gasteiger partial charge in [0.25, 0.3) is 0 Å². The van der Waals surface area contributed by atoms with Crippen LogP contribution in [0.2, 0.25) is 0 Å². The molecule has 2 aromatic heterocycles. The first-order chi connectivity index (χ1) is 32.1. The number of nitrogens with zero attached hydrogens (tertiary/aromatic N) is 4. The number of anilines is 2. The summed E-state index contributed by atoms with van der Waals surface area (Å²) in [6, 6.07) is 78.8. The fourth-order valence-corrected chi connectivity index (χ4v) is 10.8. The minimum Gasteiger partial charge on any atom is -0.329 e. The standard InChI is InChI=1S/C61H42N4/c1-61-54(53-26-10-12-28-58(53)65(61)50-23-3-2-4-24-50)34-33-52-51-25-9-11-27-57(51)64(59(52)61)60-62-55(48-21-13-19-44(37-48)46-31-29-40-15-5-7-17-42(40)35-46)39-56(63-60)49-22-14-20-45(38-49)47-32-30-41-16-6-8-18-43(41)36-47/h2-39,54H,1H3. The average Bonchev–Trinajstić information content (AvgIpc) is 3.86. The Kier molecular flexibility index (Phi) is 8.37. The van der Waals surface area contributed by atoms with Crippen LogP contribution in [-0.2, 0) is 5.54 Å². The molecule has 306 valence electrons. The maximum Gasteiger partial charge on any atom is 0.235 e. The molecule has 1 aliphatic carbocycles. The van der Waals surface area contributed by atoms with Crippen molar-refractivity contribution in [3.8, 4) is 50.7 Å². The number of aromatic nitrogens is 3. The van der Waals surface area contributed by atoms with E-state index in [0.717, 1.165) is 44.8 Å². The van der Waals surface area contributed by atoms with Crippen molar-refractivity contribution in [3.63, 3.8) is 0 Å². The van der Waals surface area contributed by atoms with Crippen LogP contribution in [0.1, 0.15) is 29.7 Å². The molecule has 3 heterocycles. The molecule has 11 aromatic rings. The second kappa shape index (κ2) is 14.6. The van der Waals surface area contributed by atoms with Gasteiger partial charge < -0.3 is 4.90 Å². The van der Waals surface area contributed by atoms with E-state index in [1.807, 2.05) is 0 Å². The Morgan fingerprint density at radius 1 is 0.446 bits per heavy atom. The molecule has 2 unspecified atom stereocenters. The monoisotopic (exact) mass is 830 g/mol. The molecule has 0 bridgehead atoms. The third-order valence-corrected chi connectivity index (χ3v) is 13.8. The second-order valence-electron chi connectivity index (χ2n) is 17.6. The van der Waals surface area contributed by atoms with Gasteiger partial charge >= 0.3 is 0 Å². The quantitative estimate of drug-likeness (QED) is 0.167. The highest BCUT2D eigenvalue weighted by Gasteiger charge is 2.53. The lowest BCUT2D eigenvalue weighted by Gasteiger charge is -2.43. The Morgan fingerprint density at radius 2 is 0.985 bits per heavy atom. The van der Waals surface area contributed by atoms with Crippen molar-refractivity contribution in [1.29, 1.82) is 0 Å². The van der Waals surface area contributed by atoms with E-state index in [2.05, 4.69) is 247 Å². The lowest BCUT2D eigenvalue weighted by molar-refractivity contribution is 0.438. The highest BCUT2D eigenvalue weighted by atomic mass is 15.3. The molecule has 2 atom stereocenters. The molecule has 0 saturated heterocycles. The van der Waals surface area contributed by atoms with Crippen molar-refractivity contribution in [1.82, 2.24) is 14.5 Å². The van der Waals surface area contributed by atoms with Gasteiger partial charge in [0.05, 0.1) is 28.1 Å². The van der Waals surface area contributed by atoms with Crippen LogP contribution in [-0.4, -0.2) is 14.5 Å². The van der Waals surface area contributed by atoms with Gasteiger partial charge in [0.1, 0.15) is 0 Å². The summed E-state index contributed by atoms with van der Waals surface area (Å²) in [5.74, 6) is 0.718. The normalized spacial score (nSPS) is 16.2. The molecule has 9 aromatic carbocycles. The Hall–Kier alpha value is -8.34. The van der Waals surface area contributed by atoms with Crippen molar-refractivity contribution < 1.29 is 0 Å². The minimum absolute atomic E-state index is 0.0781. The Balaban J connectivity index is 1.05. The summed E-state index contributed by atoms with van der Waals surface area (Å²) >= 11 is 0. The zero-order chi connectivity index (χ0) is 43.1. The smallest absolute Gasteiger partial charge is 0.235 e. The van der Waals surface area contributed by atoms with Crippen LogP contribution in [0.15, 0.2) is 224 Å². The number of benzene rings is 9. The van der Waals surface area contributed by atoms with Gasteiger partial charge in [-0.2, -0.15) is 0 Å². The van der Waals surface area contributed by atoms with E-state index in [-0.39, 0.29) is 5.92 Å². The first kappa shape index (κ1) is 37.2. The second-order valence-corrected chi connectivity index (χ2v) is 17.6. The highest BCUT2D eigenvalue weighted by molar-refractivity contribution is 5.96. The molecular formula is C61H42N4. The molecule has 2 aliphatic rings. The summed E-state index contributed by atoms with van der Waals surface area (Å²) in [6.07, 6.45) is 4.76. The van der Waals surface area contributed by atoms with Gasteiger partial charge in [0.15, 0.2) is 0 Å². The zero-order valence-electron chi connectivity index (χ0n) is 35.8. The summed E-state index contributed by atoms with van der Waals surface area (Å²) in [5.41, 5.74) is 15.0. The highest BCUT2D eigenvalue weighted by Crippen LogP contribution is 2.60. The average molecular weight is 831 g/mol. The Bertz CT molecular complexity index is 3570. The number of rotatable bonds is 6. The van der Waals surface area contributed by atoms with Crippen LogP contribution in [0.3, 0.4) is 0 Å². The first-order valence-electron chi connectivity index (χ1n) is 22.4. The van der Waals surface area contributed by atoms with Crippen LogP contribution < -0.4 is 4.90 Å². The molecule has 1 aliphatic heterocycles. The van der Waals surface area contributed by atoms with E-state index >= 15 is 0 Å². The topological polar surface area (TPSA) is 34.0 Å². The lowest BCUT2D eigenvalue weighted by atomic mass is 9.75. The Labute approximate surface area is 378 Å². The number of hydrogen-bond acceptors (Lipinski definition) is 3. The number of hydrogen-bond donors (Lipinski definition) is 0. The number of para-hydroxylation sites is 3. The number of fused-ring (bicyclic) bond motifs is 9. The predicted molar refractivity (Wildman–Crippen MR) is 270 cm³/mol. The van der Waals surface area contributed by atoms with Crippen molar-refractivity contribution in [3.05, 3.63) is 241 Å². The van der Waals surface area contributed by atoms with Gasteiger partial charge in [-0.3, -0.25) is 4.57 Å². The third kappa shape index (κ3) is 5.91. The van der Waals surface area contributed by atoms with Crippen LogP contribution in [0, 0.1) is 0 Å². The zero-order valence-corrected chi connectivity index (χ0v) is 35.8. The van der Waals surface area contributed by atoms with Gasteiger partial charge in [-0.25, -0.2) is 9.97 Å². The van der Waals surface area contributed by atoms with Crippen LogP contribution in [0.4, 0.5) is 11.4 Å². The predicted octanol–water partition coefficient (Wildman–Crippen LogP) is 15.6. The summed E-state index contributed by atoms with van der Waals surface area (Å²) < 4.78 is 2.37. The minimum atomic E-state index is -0.528. The molecule has 0 fully saturated rings. The molecule has 0 amide bonds. The largest absolute Gasteiger partial charge is 0.329 e. The van der Waals surface area contributed by atoms with Crippen molar-refractivity contribution in [2.75, 3.05) is 4.90 Å². The van der Waals surface area contributed by atoms with E-state index in [9.17, 15) is 0 Å². The molecule has 13 rings (SSSR count). The molecule has 4 heteroatoms. The fourth-order valence-electron chi connectivity index (χ4n) is 10.8. The van der Waals surface area contributed by atoms with Gasteiger partial charge in [-0.05, 0) is 111 Å². The van der Waals surface area contributed by atoms with Crippen molar-refractivity contribution in [2.45, 2.75) is 18.4 Å². The van der Waals surface area contributed by atoms with E-state index in [0.29, 0.717) is 5.95 Å². The molecule has 0 radical (unpaired) electrons. The van der Waals surface area contributed by atoms with Gasteiger partial charge in [-0.1, -0.05) is 176 Å². The van der Waals surface area contributed by atoms with Crippen LogP contribution in [0.5, 0.6) is 0 Å². The van der Waals surface area contributed by atoms with Crippen LogP contribution in [0.25, 0.3) is 89.2 Å².